The van der Waals surface area contributed by atoms with E-state index in [1.165, 1.54) is 12.0 Å². The van der Waals surface area contributed by atoms with E-state index < -0.39 is 0 Å². The third-order valence-electron chi connectivity index (χ3n) is 1.85. The number of hydrogen-bond acceptors (Lipinski definition) is 6. The van der Waals surface area contributed by atoms with Crippen LogP contribution in [0.2, 0.25) is 0 Å². The third-order valence-corrected chi connectivity index (χ3v) is 1.85. The maximum atomic E-state index is 11.3. The molecule has 0 spiro atoms. The second kappa shape index (κ2) is 5.15. The van der Waals surface area contributed by atoms with Crippen LogP contribution in [-0.2, 0) is 4.79 Å². The van der Waals surface area contributed by atoms with Crippen molar-refractivity contribution in [2.75, 3.05) is 38.8 Å². The third kappa shape index (κ3) is 3.26. The first kappa shape index (κ1) is 12.0. The number of carbonyl (C=O) groups is 1. The van der Waals surface area contributed by atoms with Gasteiger partial charge in [0, 0.05) is 20.2 Å². The number of nitrogen functional groups attached to an aromatic ring is 1. The molecule has 1 aromatic heterocycles. The van der Waals surface area contributed by atoms with Crippen LogP contribution in [-0.4, -0.2) is 48.5 Å². The molecule has 88 valence electrons. The van der Waals surface area contributed by atoms with Crippen LogP contribution in [0.3, 0.4) is 0 Å². The Bertz CT molecular complexity index is 380. The Hall–Kier alpha value is -2.05. The zero-order chi connectivity index (χ0) is 12.1. The Morgan fingerprint density at radius 3 is 2.81 bits per heavy atom. The molecule has 0 unspecified atom stereocenters. The summed E-state index contributed by atoms with van der Waals surface area (Å²) < 4.78 is 4.92. The first-order valence-corrected chi connectivity index (χ1v) is 4.65. The average molecular weight is 225 g/mol. The molecular formula is C9H15N5O2. The monoisotopic (exact) mass is 225 g/mol. The number of anilines is 2. The first-order valence-electron chi connectivity index (χ1n) is 4.65. The van der Waals surface area contributed by atoms with Gasteiger partial charge in [-0.1, -0.05) is 0 Å². The van der Waals surface area contributed by atoms with Gasteiger partial charge in [0.1, 0.15) is 5.82 Å². The highest BCUT2D eigenvalue weighted by atomic mass is 16.5. The number of hydrogen-bond donors (Lipinski definition) is 2. The van der Waals surface area contributed by atoms with Crippen molar-refractivity contribution in [2.45, 2.75) is 0 Å². The summed E-state index contributed by atoms with van der Waals surface area (Å²) in [5, 5.41) is 2.84. The summed E-state index contributed by atoms with van der Waals surface area (Å²) in [6, 6.07) is 1.57. The zero-order valence-corrected chi connectivity index (χ0v) is 9.52. The number of likely N-dealkylation sites (N-methyl/N-ethyl adjacent to an activating group) is 1. The molecule has 1 rings (SSSR count). The minimum Gasteiger partial charge on any atom is -0.481 e. The van der Waals surface area contributed by atoms with E-state index in [4.69, 9.17) is 10.5 Å². The van der Waals surface area contributed by atoms with Crippen LogP contribution in [0.15, 0.2) is 6.07 Å². The van der Waals surface area contributed by atoms with Crippen LogP contribution in [0, 0.1) is 0 Å². The molecule has 7 heteroatoms. The van der Waals surface area contributed by atoms with Crippen molar-refractivity contribution in [1.82, 2.24) is 14.9 Å². The molecule has 0 aliphatic carbocycles. The van der Waals surface area contributed by atoms with E-state index >= 15 is 0 Å². The van der Waals surface area contributed by atoms with Gasteiger partial charge in [0.05, 0.1) is 13.7 Å². The quantitative estimate of drug-likeness (QED) is 0.722. The van der Waals surface area contributed by atoms with Crippen LogP contribution < -0.4 is 15.8 Å². The molecule has 0 saturated heterocycles. The number of aromatic nitrogens is 2. The lowest BCUT2D eigenvalue weighted by atomic mass is 10.5. The molecule has 16 heavy (non-hydrogen) atoms. The summed E-state index contributed by atoms with van der Waals surface area (Å²) in [4.78, 5) is 20.5. The number of nitrogens with two attached hydrogens (primary N) is 1. The van der Waals surface area contributed by atoms with E-state index in [9.17, 15) is 4.79 Å². The van der Waals surface area contributed by atoms with E-state index in [0.717, 1.165) is 0 Å². The van der Waals surface area contributed by atoms with Gasteiger partial charge < -0.3 is 20.7 Å². The second-order valence-electron chi connectivity index (χ2n) is 3.30. The highest BCUT2D eigenvalue weighted by Crippen LogP contribution is 2.13. The molecule has 0 aliphatic heterocycles. The van der Waals surface area contributed by atoms with Gasteiger partial charge in [-0.3, -0.25) is 4.79 Å². The van der Waals surface area contributed by atoms with Crippen LogP contribution in [0.4, 0.5) is 11.8 Å². The van der Waals surface area contributed by atoms with E-state index in [0.29, 0.717) is 11.7 Å². The summed E-state index contributed by atoms with van der Waals surface area (Å²) in [7, 11) is 4.84. The highest BCUT2D eigenvalue weighted by molar-refractivity contribution is 5.80. The van der Waals surface area contributed by atoms with E-state index in [1.54, 1.807) is 20.2 Å². The Kier molecular flexibility index (Phi) is 3.87. The van der Waals surface area contributed by atoms with Crippen molar-refractivity contribution >= 4 is 17.7 Å². The fraction of sp³-hybridized carbons (Fsp3) is 0.444. The van der Waals surface area contributed by atoms with Crippen molar-refractivity contribution in [2.24, 2.45) is 0 Å². The summed E-state index contributed by atoms with van der Waals surface area (Å²) in [5.74, 6) is 0.849. The molecule has 0 aromatic carbocycles. The molecule has 0 aliphatic rings. The normalized spacial score (nSPS) is 9.69. The largest absolute Gasteiger partial charge is 0.481 e. The van der Waals surface area contributed by atoms with Gasteiger partial charge in [-0.2, -0.15) is 9.97 Å². The minimum absolute atomic E-state index is 0.0591. The standard InChI is InChI=1S/C9H15N5O2/c1-14(2)8(15)5-11-6-4-7(16-3)13-9(10)12-6/h4H,5H2,1-3H3,(H3,10,11,12,13). The number of amides is 1. The zero-order valence-electron chi connectivity index (χ0n) is 9.52. The minimum atomic E-state index is -0.0591. The molecular weight excluding hydrogens is 210 g/mol. The van der Waals surface area contributed by atoms with Crippen molar-refractivity contribution in [3.05, 3.63) is 6.07 Å². The van der Waals surface area contributed by atoms with E-state index in [1.807, 2.05) is 0 Å². The smallest absolute Gasteiger partial charge is 0.241 e. The number of rotatable bonds is 4. The van der Waals surface area contributed by atoms with Crippen LogP contribution in [0.25, 0.3) is 0 Å². The molecule has 1 amide bonds. The summed E-state index contributed by atoms with van der Waals surface area (Å²) in [5.41, 5.74) is 5.46. The summed E-state index contributed by atoms with van der Waals surface area (Å²) >= 11 is 0. The first-order chi connectivity index (χ1) is 7.52. The Balaban J connectivity index is 2.67. The number of nitrogens with one attached hydrogen (secondary N) is 1. The van der Waals surface area contributed by atoms with Crippen LogP contribution >= 0.6 is 0 Å². The lowest BCUT2D eigenvalue weighted by Crippen LogP contribution is -2.28. The molecule has 7 nitrogen and oxygen atoms in total. The SMILES string of the molecule is COc1cc(NCC(=O)N(C)C)nc(N)n1. The second-order valence-corrected chi connectivity index (χ2v) is 3.30. The van der Waals surface area contributed by atoms with Crippen molar-refractivity contribution < 1.29 is 9.53 Å². The predicted octanol–water partition coefficient (Wildman–Crippen LogP) is -0.432. The molecule has 0 fully saturated rings. The Morgan fingerprint density at radius 2 is 2.25 bits per heavy atom. The van der Waals surface area contributed by atoms with Gasteiger partial charge >= 0.3 is 0 Å². The fourth-order valence-corrected chi connectivity index (χ4v) is 0.962. The lowest BCUT2D eigenvalue weighted by molar-refractivity contribution is -0.126. The van der Waals surface area contributed by atoms with Gasteiger partial charge in [-0.15, -0.1) is 0 Å². The van der Waals surface area contributed by atoms with Crippen molar-refractivity contribution in [3.63, 3.8) is 0 Å². The summed E-state index contributed by atoms with van der Waals surface area (Å²) in [6.45, 7) is 0.145. The molecule has 1 heterocycles. The van der Waals surface area contributed by atoms with Crippen LogP contribution in [0.1, 0.15) is 0 Å². The molecule has 0 atom stereocenters. The maximum Gasteiger partial charge on any atom is 0.241 e. The molecule has 3 N–H and O–H groups in total. The highest BCUT2D eigenvalue weighted by Gasteiger charge is 2.06. The van der Waals surface area contributed by atoms with Crippen molar-refractivity contribution in [1.29, 1.82) is 0 Å². The number of ether oxygens (including phenoxy) is 1. The summed E-state index contributed by atoms with van der Waals surface area (Å²) in [6.07, 6.45) is 0. The van der Waals surface area contributed by atoms with Gasteiger partial charge in [-0.25, -0.2) is 0 Å². The van der Waals surface area contributed by atoms with Gasteiger partial charge in [0.25, 0.3) is 0 Å². The number of methoxy groups -OCH3 is 1. The van der Waals surface area contributed by atoms with Gasteiger partial charge in [0.2, 0.25) is 17.7 Å². The fourth-order valence-electron chi connectivity index (χ4n) is 0.962. The lowest BCUT2D eigenvalue weighted by Gasteiger charge is -2.11. The van der Waals surface area contributed by atoms with Crippen molar-refractivity contribution in [3.8, 4) is 5.88 Å². The van der Waals surface area contributed by atoms with Gasteiger partial charge in [-0.05, 0) is 0 Å². The Labute approximate surface area is 93.6 Å². The van der Waals surface area contributed by atoms with Crippen LogP contribution in [0.5, 0.6) is 5.88 Å². The number of nitrogens with zero attached hydrogens (tertiary/aromatic N) is 3. The molecule has 0 radical (unpaired) electrons. The van der Waals surface area contributed by atoms with E-state index in [-0.39, 0.29) is 18.4 Å². The van der Waals surface area contributed by atoms with E-state index in [2.05, 4.69) is 15.3 Å². The topological polar surface area (TPSA) is 93.4 Å². The molecule has 1 aromatic rings. The number of carbonyl (C=O) groups excluding carboxylic acids is 1. The Morgan fingerprint density at radius 1 is 1.56 bits per heavy atom. The van der Waals surface area contributed by atoms with Gasteiger partial charge in [0.15, 0.2) is 0 Å². The average Bonchev–Trinajstić information content (AvgIpc) is 2.24. The maximum absolute atomic E-state index is 11.3. The predicted molar refractivity (Wildman–Crippen MR) is 60.2 cm³/mol. The molecule has 0 saturated carbocycles. The molecule has 0 bridgehead atoms.